The third kappa shape index (κ3) is 3.58. The summed E-state index contributed by atoms with van der Waals surface area (Å²) in [6.07, 6.45) is 3.66. The van der Waals surface area contributed by atoms with Gasteiger partial charge >= 0.3 is 0 Å². The highest BCUT2D eigenvalue weighted by atomic mass is 19.1. The lowest BCUT2D eigenvalue weighted by atomic mass is 10.1. The first-order valence-electron chi connectivity index (χ1n) is 8.42. The van der Waals surface area contributed by atoms with Crippen LogP contribution in [0.3, 0.4) is 0 Å². The van der Waals surface area contributed by atoms with Gasteiger partial charge in [-0.25, -0.2) is 9.07 Å². The number of rotatable bonds is 6. The van der Waals surface area contributed by atoms with Gasteiger partial charge in [0.2, 0.25) is 0 Å². The number of nitrogens with one attached hydrogen (secondary N) is 1. The first-order valence-corrected chi connectivity index (χ1v) is 8.42. The molecule has 4 aromatic rings. The summed E-state index contributed by atoms with van der Waals surface area (Å²) in [5, 5.41) is 8.10. The molecule has 0 aliphatic heterocycles. The molecule has 2 aromatic carbocycles. The minimum Gasteiger partial charge on any atom is -0.468 e. The van der Waals surface area contributed by atoms with E-state index in [0.717, 1.165) is 28.3 Å². The standard InChI is InChI=1S/C21H18FN3O/c22-18-10-8-16(9-11-18)21-17(13-23-14-20-7-4-12-26-20)15-25(24-21)19-5-2-1-3-6-19/h1-12,15,23H,13-14H2. The number of aromatic nitrogens is 2. The van der Waals surface area contributed by atoms with E-state index < -0.39 is 0 Å². The van der Waals surface area contributed by atoms with Gasteiger partial charge in [0.1, 0.15) is 11.6 Å². The van der Waals surface area contributed by atoms with Gasteiger partial charge < -0.3 is 9.73 Å². The Labute approximate surface area is 150 Å². The van der Waals surface area contributed by atoms with E-state index in [4.69, 9.17) is 9.52 Å². The average molecular weight is 347 g/mol. The van der Waals surface area contributed by atoms with Crippen molar-refractivity contribution in [3.05, 3.63) is 96.3 Å². The van der Waals surface area contributed by atoms with Crippen LogP contribution in [0.4, 0.5) is 4.39 Å². The molecule has 0 unspecified atom stereocenters. The van der Waals surface area contributed by atoms with Gasteiger partial charge in [-0.05, 0) is 48.5 Å². The predicted octanol–water partition coefficient (Wildman–Crippen LogP) is 4.56. The summed E-state index contributed by atoms with van der Waals surface area (Å²) in [7, 11) is 0. The summed E-state index contributed by atoms with van der Waals surface area (Å²) in [5.74, 6) is 0.623. The minimum absolute atomic E-state index is 0.256. The van der Waals surface area contributed by atoms with Crippen molar-refractivity contribution in [2.24, 2.45) is 0 Å². The molecule has 26 heavy (non-hydrogen) atoms. The molecule has 2 heterocycles. The van der Waals surface area contributed by atoms with Gasteiger partial charge in [0.05, 0.1) is 24.2 Å². The fourth-order valence-corrected chi connectivity index (χ4v) is 2.84. The SMILES string of the molecule is Fc1ccc(-c2nn(-c3ccccc3)cc2CNCc2ccco2)cc1. The zero-order valence-corrected chi connectivity index (χ0v) is 14.1. The van der Waals surface area contributed by atoms with Crippen LogP contribution in [0.1, 0.15) is 11.3 Å². The molecule has 130 valence electrons. The number of benzene rings is 2. The molecule has 0 spiro atoms. The molecule has 2 aromatic heterocycles. The maximum absolute atomic E-state index is 13.3. The van der Waals surface area contributed by atoms with Crippen molar-refractivity contribution in [3.63, 3.8) is 0 Å². The Balaban J connectivity index is 1.63. The fraction of sp³-hybridized carbons (Fsp3) is 0.0952. The molecule has 0 saturated carbocycles. The van der Waals surface area contributed by atoms with E-state index in [1.165, 1.54) is 12.1 Å². The van der Waals surface area contributed by atoms with Crippen LogP contribution in [0.15, 0.2) is 83.6 Å². The second kappa shape index (κ2) is 7.37. The first kappa shape index (κ1) is 16.3. The summed E-state index contributed by atoms with van der Waals surface area (Å²) in [4.78, 5) is 0. The summed E-state index contributed by atoms with van der Waals surface area (Å²) in [6.45, 7) is 1.26. The summed E-state index contributed by atoms with van der Waals surface area (Å²) >= 11 is 0. The van der Waals surface area contributed by atoms with E-state index >= 15 is 0 Å². The lowest BCUT2D eigenvalue weighted by Gasteiger charge is -2.04. The second-order valence-corrected chi connectivity index (χ2v) is 5.97. The van der Waals surface area contributed by atoms with Crippen LogP contribution in [0.5, 0.6) is 0 Å². The highest BCUT2D eigenvalue weighted by Crippen LogP contribution is 2.24. The van der Waals surface area contributed by atoms with Gasteiger partial charge in [0.15, 0.2) is 0 Å². The quantitative estimate of drug-likeness (QED) is 0.556. The Hall–Kier alpha value is -3.18. The topological polar surface area (TPSA) is 43.0 Å². The summed E-state index contributed by atoms with van der Waals surface area (Å²) < 4.78 is 20.5. The molecule has 0 atom stereocenters. The van der Waals surface area contributed by atoms with Gasteiger partial charge in [-0.3, -0.25) is 0 Å². The maximum atomic E-state index is 13.3. The third-order valence-corrected chi connectivity index (χ3v) is 4.12. The predicted molar refractivity (Wildman–Crippen MR) is 98.2 cm³/mol. The molecular formula is C21H18FN3O. The van der Waals surface area contributed by atoms with E-state index in [2.05, 4.69) is 5.32 Å². The molecule has 4 rings (SSSR count). The molecular weight excluding hydrogens is 329 g/mol. The average Bonchev–Trinajstić information content (AvgIpc) is 3.33. The first-order chi connectivity index (χ1) is 12.8. The molecule has 0 fully saturated rings. The number of nitrogens with zero attached hydrogens (tertiary/aromatic N) is 2. The van der Waals surface area contributed by atoms with Crippen molar-refractivity contribution in [1.82, 2.24) is 15.1 Å². The highest BCUT2D eigenvalue weighted by molar-refractivity contribution is 5.63. The van der Waals surface area contributed by atoms with Crippen molar-refractivity contribution >= 4 is 0 Å². The highest BCUT2D eigenvalue weighted by Gasteiger charge is 2.12. The monoisotopic (exact) mass is 347 g/mol. The Morgan fingerprint density at radius 2 is 1.73 bits per heavy atom. The lowest BCUT2D eigenvalue weighted by molar-refractivity contribution is 0.483. The largest absolute Gasteiger partial charge is 0.468 e. The molecule has 0 radical (unpaired) electrons. The Bertz CT molecular complexity index is 960. The Morgan fingerprint density at radius 3 is 2.46 bits per heavy atom. The van der Waals surface area contributed by atoms with Crippen LogP contribution in [0.25, 0.3) is 16.9 Å². The second-order valence-electron chi connectivity index (χ2n) is 5.97. The van der Waals surface area contributed by atoms with Crippen molar-refractivity contribution < 1.29 is 8.81 Å². The van der Waals surface area contributed by atoms with Crippen molar-refractivity contribution in [2.45, 2.75) is 13.1 Å². The number of furan rings is 1. The van der Waals surface area contributed by atoms with Gasteiger partial charge in [-0.1, -0.05) is 18.2 Å². The van der Waals surface area contributed by atoms with E-state index in [0.29, 0.717) is 13.1 Å². The number of hydrogen-bond donors (Lipinski definition) is 1. The molecule has 1 N–H and O–H groups in total. The Morgan fingerprint density at radius 1 is 0.923 bits per heavy atom. The van der Waals surface area contributed by atoms with E-state index in [1.54, 1.807) is 18.4 Å². The lowest BCUT2D eigenvalue weighted by Crippen LogP contribution is -2.12. The van der Waals surface area contributed by atoms with E-state index in [-0.39, 0.29) is 5.82 Å². The normalized spacial score (nSPS) is 11.0. The molecule has 0 saturated heterocycles. The van der Waals surface area contributed by atoms with Gasteiger partial charge in [-0.2, -0.15) is 5.10 Å². The molecule has 5 heteroatoms. The van der Waals surface area contributed by atoms with Crippen LogP contribution < -0.4 is 5.32 Å². The molecule has 0 aliphatic rings. The van der Waals surface area contributed by atoms with Gasteiger partial charge in [-0.15, -0.1) is 0 Å². The number of halogens is 1. The Kier molecular flexibility index (Phi) is 4.62. The molecule has 4 nitrogen and oxygen atoms in total. The third-order valence-electron chi connectivity index (χ3n) is 4.12. The maximum Gasteiger partial charge on any atom is 0.123 e. The zero-order chi connectivity index (χ0) is 17.8. The van der Waals surface area contributed by atoms with Crippen molar-refractivity contribution in [1.29, 1.82) is 0 Å². The van der Waals surface area contributed by atoms with Crippen molar-refractivity contribution in [2.75, 3.05) is 0 Å². The number of para-hydroxylation sites is 1. The summed E-state index contributed by atoms with van der Waals surface area (Å²) in [5.41, 5.74) is 3.73. The van der Waals surface area contributed by atoms with Gasteiger partial charge in [0.25, 0.3) is 0 Å². The number of hydrogen-bond acceptors (Lipinski definition) is 3. The van der Waals surface area contributed by atoms with Crippen LogP contribution in [-0.4, -0.2) is 9.78 Å². The van der Waals surface area contributed by atoms with E-state index in [1.807, 2.05) is 53.3 Å². The van der Waals surface area contributed by atoms with Crippen LogP contribution in [0.2, 0.25) is 0 Å². The van der Waals surface area contributed by atoms with Crippen LogP contribution >= 0.6 is 0 Å². The summed E-state index contributed by atoms with van der Waals surface area (Å²) in [6, 6.07) is 20.1. The zero-order valence-electron chi connectivity index (χ0n) is 14.1. The smallest absolute Gasteiger partial charge is 0.123 e. The van der Waals surface area contributed by atoms with Crippen molar-refractivity contribution in [3.8, 4) is 16.9 Å². The molecule has 0 aliphatic carbocycles. The minimum atomic E-state index is -0.256. The molecule has 0 bridgehead atoms. The fourth-order valence-electron chi connectivity index (χ4n) is 2.84. The van der Waals surface area contributed by atoms with E-state index in [9.17, 15) is 4.39 Å². The van der Waals surface area contributed by atoms with Gasteiger partial charge in [0, 0.05) is 23.9 Å². The molecule has 0 amide bonds. The van der Waals surface area contributed by atoms with Crippen LogP contribution in [-0.2, 0) is 13.1 Å². The van der Waals surface area contributed by atoms with Crippen LogP contribution in [0, 0.1) is 5.82 Å².